The lowest BCUT2D eigenvalue weighted by Gasteiger charge is -2.35. The van der Waals surface area contributed by atoms with Gasteiger partial charge in [-0.15, -0.1) is 0 Å². The van der Waals surface area contributed by atoms with Gasteiger partial charge in [0.25, 0.3) is 0 Å². The molecule has 0 radical (unpaired) electrons. The van der Waals surface area contributed by atoms with Gasteiger partial charge in [-0.2, -0.15) is 5.26 Å². The molecule has 0 fully saturated rings. The highest BCUT2D eigenvalue weighted by Crippen LogP contribution is 2.31. The van der Waals surface area contributed by atoms with E-state index >= 15 is 0 Å². The number of nitrogens with zero attached hydrogens (tertiary/aromatic N) is 1. The molecule has 0 aliphatic carbocycles. The lowest BCUT2D eigenvalue weighted by Crippen LogP contribution is -2.42. The summed E-state index contributed by atoms with van der Waals surface area (Å²) in [5.41, 5.74) is -0.949. The van der Waals surface area contributed by atoms with Crippen molar-refractivity contribution in [1.82, 2.24) is 0 Å². The predicted molar refractivity (Wildman–Crippen MR) is 47.6 cm³/mol. The summed E-state index contributed by atoms with van der Waals surface area (Å²) in [5, 5.41) is 35.8. The molecule has 0 aromatic heterocycles. The first-order chi connectivity index (χ1) is 6.07. The van der Waals surface area contributed by atoms with Crippen LogP contribution in [0.5, 0.6) is 0 Å². The van der Waals surface area contributed by atoms with Crippen molar-refractivity contribution in [2.75, 3.05) is 19.8 Å². The monoisotopic (exact) mass is 187 g/mol. The van der Waals surface area contributed by atoms with Crippen LogP contribution in [0, 0.1) is 28.6 Å². The Morgan fingerprint density at radius 1 is 1.15 bits per heavy atom. The van der Waals surface area contributed by atoms with E-state index in [1.165, 1.54) is 0 Å². The molecule has 13 heavy (non-hydrogen) atoms. The van der Waals surface area contributed by atoms with E-state index in [1.54, 1.807) is 13.8 Å². The van der Waals surface area contributed by atoms with Crippen molar-refractivity contribution in [2.45, 2.75) is 13.8 Å². The molecule has 0 aromatic carbocycles. The number of aliphatic hydroxyl groups is 3. The van der Waals surface area contributed by atoms with Gasteiger partial charge in [0.15, 0.2) is 0 Å². The molecular weight excluding hydrogens is 170 g/mol. The highest BCUT2D eigenvalue weighted by molar-refractivity contribution is 4.93. The first-order valence-corrected chi connectivity index (χ1v) is 4.30. The summed E-state index contributed by atoms with van der Waals surface area (Å²) in [4.78, 5) is 0. The second kappa shape index (κ2) is 5.18. The molecule has 0 rings (SSSR count). The van der Waals surface area contributed by atoms with Crippen molar-refractivity contribution in [3.63, 3.8) is 0 Å². The highest BCUT2D eigenvalue weighted by atomic mass is 16.3. The third-order valence-electron chi connectivity index (χ3n) is 2.86. The highest BCUT2D eigenvalue weighted by Gasteiger charge is 2.37. The van der Waals surface area contributed by atoms with Crippen molar-refractivity contribution in [3.8, 4) is 6.07 Å². The summed E-state index contributed by atoms with van der Waals surface area (Å²) in [6.45, 7) is 2.52. The van der Waals surface area contributed by atoms with Gasteiger partial charge < -0.3 is 15.3 Å². The Morgan fingerprint density at radius 2 is 1.54 bits per heavy atom. The third kappa shape index (κ3) is 2.41. The fourth-order valence-electron chi connectivity index (χ4n) is 1.22. The minimum atomic E-state index is -0.949. The SMILES string of the molecule is CC(C#N)C(C)C(CO)(CO)CO. The molecule has 2 unspecified atom stereocenters. The second-order valence-electron chi connectivity index (χ2n) is 3.54. The molecule has 3 N–H and O–H groups in total. The van der Waals surface area contributed by atoms with Crippen LogP contribution in [0.4, 0.5) is 0 Å². The molecule has 0 aliphatic rings. The maximum atomic E-state index is 9.06. The van der Waals surface area contributed by atoms with E-state index in [1.807, 2.05) is 6.07 Å². The second-order valence-corrected chi connectivity index (χ2v) is 3.54. The van der Waals surface area contributed by atoms with E-state index in [2.05, 4.69) is 0 Å². The molecule has 2 atom stereocenters. The zero-order chi connectivity index (χ0) is 10.5. The summed E-state index contributed by atoms with van der Waals surface area (Å²) in [6, 6.07) is 2.04. The normalized spacial score (nSPS) is 16.3. The van der Waals surface area contributed by atoms with Gasteiger partial charge in [-0.05, 0) is 12.8 Å². The first kappa shape index (κ1) is 12.4. The van der Waals surface area contributed by atoms with Crippen LogP contribution < -0.4 is 0 Å². The standard InChI is InChI=1S/C9H17NO3/c1-7(3-10)8(2)9(4-11,5-12)6-13/h7-8,11-13H,4-6H2,1-2H3. The van der Waals surface area contributed by atoms with Crippen molar-refractivity contribution in [2.24, 2.45) is 17.3 Å². The summed E-state index contributed by atoms with van der Waals surface area (Å²) in [7, 11) is 0. The Bertz CT molecular complexity index is 176. The van der Waals surface area contributed by atoms with Crippen molar-refractivity contribution >= 4 is 0 Å². The van der Waals surface area contributed by atoms with E-state index < -0.39 is 5.41 Å². The Morgan fingerprint density at radius 3 is 1.77 bits per heavy atom. The van der Waals surface area contributed by atoms with Gasteiger partial charge in [-0.25, -0.2) is 0 Å². The number of hydrogen-bond donors (Lipinski definition) is 3. The third-order valence-corrected chi connectivity index (χ3v) is 2.86. The largest absolute Gasteiger partial charge is 0.396 e. The molecule has 0 aliphatic heterocycles. The van der Waals surface area contributed by atoms with Crippen LogP contribution in [0.3, 0.4) is 0 Å². The maximum Gasteiger partial charge on any atom is 0.0655 e. The first-order valence-electron chi connectivity index (χ1n) is 4.30. The van der Waals surface area contributed by atoms with Gasteiger partial charge in [0.2, 0.25) is 0 Å². The van der Waals surface area contributed by atoms with E-state index in [9.17, 15) is 0 Å². The molecule has 0 saturated heterocycles. The van der Waals surface area contributed by atoms with Gasteiger partial charge in [-0.3, -0.25) is 0 Å². The van der Waals surface area contributed by atoms with Gasteiger partial charge in [0.05, 0.1) is 25.9 Å². The molecule has 0 spiro atoms. The maximum absolute atomic E-state index is 9.06. The molecule has 0 amide bonds. The van der Waals surface area contributed by atoms with Gasteiger partial charge in [0.1, 0.15) is 0 Å². The van der Waals surface area contributed by atoms with Crippen LogP contribution in [0.25, 0.3) is 0 Å². The Labute approximate surface area is 78.4 Å². The van der Waals surface area contributed by atoms with E-state index in [0.717, 1.165) is 0 Å². The van der Waals surface area contributed by atoms with E-state index in [-0.39, 0.29) is 31.7 Å². The number of rotatable bonds is 5. The van der Waals surface area contributed by atoms with Crippen LogP contribution in [-0.4, -0.2) is 35.1 Å². The number of nitriles is 1. The van der Waals surface area contributed by atoms with Crippen molar-refractivity contribution in [3.05, 3.63) is 0 Å². The van der Waals surface area contributed by atoms with Gasteiger partial charge in [0, 0.05) is 11.3 Å². The Hall–Kier alpha value is -0.630. The predicted octanol–water partition coefficient (Wildman–Crippen LogP) is -0.255. The lowest BCUT2D eigenvalue weighted by molar-refractivity contribution is -0.0425. The van der Waals surface area contributed by atoms with Gasteiger partial charge >= 0.3 is 0 Å². The topological polar surface area (TPSA) is 84.5 Å². The summed E-state index contributed by atoms with van der Waals surface area (Å²) in [6.07, 6.45) is 0. The van der Waals surface area contributed by atoms with Gasteiger partial charge in [-0.1, -0.05) is 6.92 Å². The van der Waals surface area contributed by atoms with E-state index in [4.69, 9.17) is 20.6 Å². The summed E-state index contributed by atoms with van der Waals surface area (Å²) >= 11 is 0. The molecule has 0 saturated carbocycles. The fraction of sp³-hybridized carbons (Fsp3) is 0.889. The van der Waals surface area contributed by atoms with Crippen molar-refractivity contribution < 1.29 is 15.3 Å². The van der Waals surface area contributed by atoms with Crippen LogP contribution >= 0.6 is 0 Å². The Balaban J connectivity index is 4.64. The molecule has 0 bridgehead atoms. The average Bonchev–Trinajstić information content (AvgIpc) is 2.20. The fourth-order valence-corrected chi connectivity index (χ4v) is 1.22. The average molecular weight is 187 g/mol. The summed E-state index contributed by atoms with van der Waals surface area (Å²) < 4.78 is 0. The number of aliphatic hydroxyl groups excluding tert-OH is 3. The molecule has 4 heteroatoms. The zero-order valence-electron chi connectivity index (χ0n) is 8.06. The molecule has 0 heterocycles. The lowest BCUT2D eigenvalue weighted by atomic mass is 9.72. The number of hydrogen-bond acceptors (Lipinski definition) is 4. The van der Waals surface area contributed by atoms with Crippen LogP contribution in [0.15, 0.2) is 0 Å². The van der Waals surface area contributed by atoms with Crippen molar-refractivity contribution in [1.29, 1.82) is 5.26 Å². The van der Waals surface area contributed by atoms with E-state index in [0.29, 0.717) is 0 Å². The molecule has 4 nitrogen and oxygen atoms in total. The van der Waals surface area contributed by atoms with Crippen LogP contribution in [0.1, 0.15) is 13.8 Å². The molecule has 76 valence electrons. The molecule has 0 aromatic rings. The minimum absolute atomic E-state index is 0.238. The smallest absolute Gasteiger partial charge is 0.0655 e. The van der Waals surface area contributed by atoms with Crippen LogP contribution in [-0.2, 0) is 0 Å². The molecular formula is C9H17NO3. The zero-order valence-corrected chi connectivity index (χ0v) is 8.06. The minimum Gasteiger partial charge on any atom is -0.396 e. The van der Waals surface area contributed by atoms with Crippen LogP contribution in [0.2, 0.25) is 0 Å². The summed E-state index contributed by atoms with van der Waals surface area (Å²) in [5.74, 6) is -0.538. The Kier molecular flexibility index (Phi) is 4.92. The quantitative estimate of drug-likeness (QED) is 0.554.